The predicted octanol–water partition coefficient (Wildman–Crippen LogP) is 3.65. The zero-order valence-electron chi connectivity index (χ0n) is 9.44. The van der Waals surface area contributed by atoms with Gasteiger partial charge in [0.1, 0.15) is 0 Å². The maximum atomic E-state index is 4.51. The van der Waals surface area contributed by atoms with Gasteiger partial charge in [0.2, 0.25) is 0 Å². The predicted molar refractivity (Wildman–Crippen MR) is 64.8 cm³/mol. The summed E-state index contributed by atoms with van der Waals surface area (Å²) in [7, 11) is 0. The molecule has 2 nitrogen and oxygen atoms in total. The van der Waals surface area contributed by atoms with Crippen molar-refractivity contribution < 1.29 is 0 Å². The van der Waals surface area contributed by atoms with E-state index in [2.05, 4.69) is 49.4 Å². The summed E-state index contributed by atoms with van der Waals surface area (Å²) in [6.07, 6.45) is 6.26. The van der Waals surface area contributed by atoms with Crippen molar-refractivity contribution in [1.29, 1.82) is 0 Å². The summed E-state index contributed by atoms with van der Waals surface area (Å²) >= 11 is 0. The number of nitrogens with zero attached hydrogens (tertiary/aromatic N) is 2. The number of fused-ring (bicyclic) bond motifs is 1. The Kier molecular flexibility index (Phi) is 2.58. The van der Waals surface area contributed by atoms with Crippen molar-refractivity contribution in [2.24, 2.45) is 0 Å². The highest BCUT2D eigenvalue weighted by Gasteiger charge is 2.02. The second-order valence-corrected chi connectivity index (χ2v) is 4.02. The van der Waals surface area contributed by atoms with E-state index in [1.807, 2.05) is 17.7 Å². The van der Waals surface area contributed by atoms with E-state index < -0.39 is 0 Å². The van der Waals surface area contributed by atoms with Crippen LogP contribution in [0, 0.1) is 0 Å². The lowest BCUT2D eigenvalue weighted by Crippen LogP contribution is -1.99. The van der Waals surface area contributed by atoms with Gasteiger partial charge in [-0.25, -0.2) is 0 Å². The van der Waals surface area contributed by atoms with E-state index in [4.69, 9.17) is 0 Å². The molecule has 0 fully saturated rings. The standard InChI is InChI=1S/C13H16N2/c1-4-5-11-6-7-13-12(8-11)9-15(14-13)10(2)3/h4-10H,1-3H3/b5-4+. The summed E-state index contributed by atoms with van der Waals surface area (Å²) in [4.78, 5) is 0. The normalized spacial score (nSPS) is 12.0. The number of benzene rings is 1. The molecule has 0 aliphatic rings. The van der Waals surface area contributed by atoms with E-state index in [9.17, 15) is 0 Å². The van der Waals surface area contributed by atoms with Crippen LogP contribution in [0.4, 0.5) is 0 Å². The average Bonchev–Trinajstić information content (AvgIpc) is 2.61. The van der Waals surface area contributed by atoms with Gasteiger partial charge in [0, 0.05) is 17.6 Å². The van der Waals surface area contributed by atoms with Crippen molar-refractivity contribution in [2.45, 2.75) is 26.8 Å². The summed E-state index contributed by atoms with van der Waals surface area (Å²) in [6, 6.07) is 6.76. The average molecular weight is 200 g/mol. The molecule has 1 aromatic carbocycles. The lowest BCUT2D eigenvalue weighted by Gasteiger charge is -2.02. The number of allylic oxidation sites excluding steroid dienone is 1. The third-order valence-electron chi connectivity index (χ3n) is 2.43. The second-order valence-electron chi connectivity index (χ2n) is 4.02. The van der Waals surface area contributed by atoms with E-state index >= 15 is 0 Å². The van der Waals surface area contributed by atoms with Crippen LogP contribution in [-0.2, 0) is 0 Å². The van der Waals surface area contributed by atoms with Gasteiger partial charge in [0.05, 0.1) is 5.52 Å². The fourth-order valence-electron chi connectivity index (χ4n) is 1.62. The van der Waals surface area contributed by atoms with Crippen LogP contribution in [0.15, 0.2) is 30.5 Å². The minimum Gasteiger partial charge on any atom is -0.269 e. The molecule has 0 N–H and O–H groups in total. The molecule has 15 heavy (non-hydrogen) atoms. The Balaban J connectivity index is 2.52. The van der Waals surface area contributed by atoms with Crippen molar-refractivity contribution in [2.75, 3.05) is 0 Å². The number of hydrogen-bond donors (Lipinski definition) is 0. The Morgan fingerprint density at radius 2 is 2.13 bits per heavy atom. The fraction of sp³-hybridized carbons (Fsp3) is 0.308. The van der Waals surface area contributed by atoms with Crippen LogP contribution in [0.25, 0.3) is 17.0 Å². The Labute approximate surface area is 90.2 Å². The molecule has 1 heterocycles. The van der Waals surface area contributed by atoms with E-state index in [0.717, 1.165) is 5.52 Å². The largest absolute Gasteiger partial charge is 0.269 e. The quantitative estimate of drug-likeness (QED) is 0.723. The molecule has 1 aromatic heterocycles. The number of rotatable bonds is 2. The molecule has 0 amide bonds. The third-order valence-corrected chi connectivity index (χ3v) is 2.43. The van der Waals surface area contributed by atoms with Crippen molar-refractivity contribution in [3.8, 4) is 0 Å². The first-order valence-corrected chi connectivity index (χ1v) is 5.32. The fourth-order valence-corrected chi connectivity index (χ4v) is 1.62. The zero-order valence-corrected chi connectivity index (χ0v) is 9.44. The number of hydrogen-bond acceptors (Lipinski definition) is 1. The van der Waals surface area contributed by atoms with E-state index in [1.54, 1.807) is 0 Å². The topological polar surface area (TPSA) is 17.8 Å². The van der Waals surface area contributed by atoms with Crippen LogP contribution >= 0.6 is 0 Å². The van der Waals surface area contributed by atoms with Crippen LogP contribution in [0.3, 0.4) is 0 Å². The van der Waals surface area contributed by atoms with E-state index in [1.165, 1.54) is 10.9 Å². The first-order valence-electron chi connectivity index (χ1n) is 5.32. The first kappa shape index (κ1) is 9.97. The maximum absolute atomic E-state index is 4.51. The lowest BCUT2D eigenvalue weighted by atomic mass is 10.1. The van der Waals surface area contributed by atoms with Gasteiger partial charge in [0.15, 0.2) is 0 Å². The Bertz CT molecular complexity index is 492. The van der Waals surface area contributed by atoms with Gasteiger partial charge in [0.25, 0.3) is 0 Å². The van der Waals surface area contributed by atoms with Crippen molar-refractivity contribution >= 4 is 17.0 Å². The first-order chi connectivity index (χ1) is 7.20. The molecule has 2 rings (SSSR count). The second kappa shape index (κ2) is 3.89. The van der Waals surface area contributed by atoms with Crippen LogP contribution < -0.4 is 0 Å². The Morgan fingerprint density at radius 3 is 2.80 bits per heavy atom. The minimum atomic E-state index is 0.419. The van der Waals surface area contributed by atoms with Crippen molar-refractivity contribution in [1.82, 2.24) is 9.78 Å². The molecule has 2 heteroatoms. The summed E-state index contributed by atoms with van der Waals surface area (Å²) in [5.41, 5.74) is 2.30. The molecular formula is C13H16N2. The van der Waals surface area contributed by atoms with Crippen LogP contribution in [0.5, 0.6) is 0 Å². The molecule has 0 aliphatic carbocycles. The van der Waals surface area contributed by atoms with Gasteiger partial charge in [-0.2, -0.15) is 5.10 Å². The number of aromatic nitrogens is 2. The highest BCUT2D eigenvalue weighted by atomic mass is 15.3. The summed E-state index contributed by atoms with van der Waals surface area (Å²) in [6.45, 7) is 6.30. The highest BCUT2D eigenvalue weighted by molar-refractivity contribution is 5.80. The molecule has 0 saturated heterocycles. The highest BCUT2D eigenvalue weighted by Crippen LogP contribution is 2.17. The molecule has 78 valence electrons. The van der Waals surface area contributed by atoms with E-state index in [0.29, 0.717) is 6.04 Å². The molecule has 2 aromatic rings. The molecule has 0 radical (unpaired) electrons. The Morgan fingerprint density at radius 1 is 1.33 bits per heavy atom. The van der Waals surface area contributed by atoms with Crippen LogP contribution in [-0.4, -0.2) is 9.78 Å². The third kappa shape index (κ3) is 1.94. The van der Waals surface area contributed by atoms with Gasteiger partial charge in [-0.05, 0) is 38.5 Å². The van der Waals surface area contributed by atoms with Crippen molar-refractivity contribution in [3.05, 3.63) is 36.0 Å². The van der Waals surface area contributed by atoms with Gasteiger partial charge >= 0.3 is 0 Å². The molecular weight excluding hydrogens is 184 g/mol. The molecule has 0 bridgehead atoms. The molecule has 0 aliphatic heterocycles. The summed E-state index contributed by atoms with van der Waals surface area (Å²) < 4.78 is 2.00. The SMILES string of the molecule is C/C=C/c1ccc2nn(C(C)C)cc2c1. The maximum Gasteiger partial charge on any atom is 0.0923 e. The van der Waals surface area contributed by atoms with Gasteiger partial charge in [-0.3, -0.25) is 4.68 Å². The van der Waals surface area contributed by atoms with Gasteiger partial charge < -0.3 is 0 Å². The molecule has 0 atom stereocenters. The van der Waals surface area contributed by atoms with E-state index in [-0.39, 0.29) is 0 Å². The summed E-state index contributed by atoms with van der Waals surface area (Å²) in [5.74, 6) is 0. The zero-order chi connectivity index (χ0) is 10.8. The smallest absolute Gasteiger partial charge is 0.0923 e. The van der Waals surface area contributed by atoms with Crippen LogP contribution in [0.1, 0.15) is 32.4 Å². The molecule has 0 spiro atoms. The Hall–Kier alpha value is -1.57. The van der Waals surface area contributed by atoms with Gasteiger partial charge in [-0.1, -0.05) is 18.2 Å². The minimum absolute atomic E-state index is 0.419. The molecule has 0 saturated carbocycles. The van der Waals surface area contributed by atoms with Gasteiger partial charge in [-0.15, -0.1) is 0 Å². The van der Waals surface area contributed by atoms with Crippen molar-refractivity contribution in [3.63, 3.8) is 0 Å². The monoisotopic (exact) mass is 200 g/mol. The summed E-state index contributed by atoms with van der Waals surface area (Å²) in [5, 5.41) is 5.71. The lowest BCUT2D eigenvalue weighted by molar-refractivity contribution is 0.537. The molecule has 0 unspecified atom stereocenters. The van der Waals surface area contributed by atoms with Crippen LogP contribution in [0.2, 0.25) is 0 Å².